The summed E-state index contributed by atoms with van der Waals surface area (Å²) in [5, 5.41) is 0. The number of ether oxygens (including phenoxy) is 1. The zero-order valence-electron chi connectivity index (χ0n) is 9.73. The van der Waals surface area contributed by atoms with E-state index in [-0.39, 0.29) is 18.6 Å². The molecule has 84 valence electrons. The molecule has 0 atom stereocenters. The molecule has 1 rings (SSSR count). The van der Waals surface area contributed by atoms with Crippen LogP contribution < -0.4 is 0 Å². The van der Waals surface area contributed by atoms with Gasteiger partial charge in [0.15, 0.2) is 0 Å². The maximum absolute atomic E-state index is 11.4. The molecule has 0 saturated carbocycles. The molecule has 0 spiro atoms. The lowest BCUT2D eigenvalue weighted by Crippen LogP contribution is -2.18. The number of carbonyl (C=O) groups is 1. The molecule has 0 unspecified atom stereocenters. The van der Waals surface area contributed by atoms with Crippen LogP contribution in [0.3, 0.4) is 0 Å². The van der Waals surface area contributed by atoms with Gasteiger partial charge in [-0.3, -0.25) is 4.79 Å². The van der Waals surface area contributed by atoms with E-state index >= 15 is 0 Å². The number of carbonyl (C=O) groups excluding carboxylic acids is 1. The first-order valence-electron chi connectivity index (χ1n) is 5.21. The Morgan fingerprint density at radius 2 is 2.13 bits per heavy atom. The van der Waals surface area contributed by atoms with Gasteiger partial charge in [0.2, 0.25) is 0 Å². The van der Waals surface area contributed by atoms with Crippen LogP contribution in [0.15, 0.2) is 12.4 Å². The summed E-state index contributed by atoms with van der Waals surface area (Å²) < 4.78 is 6.90. The average molecular weight is 210 g/mol. The predicted molar refractivity (Wildman–Crippen MR) is 57.5 cm³/mol. The molecule has 0 fully saturated rings. The van der Waals surface area contributed by atoms with Crippen LogP contribution in [0.4, 0.5) is 0 Å². The predicted octanol–water partition coefficient (Wildman–Crippen LogP) is 1.96. The molecule has 1 aromatic heterocycles. The maximum atomic E-state index is 11.4. The van der Waals surface area contributed by atoms with Gasteiger partial charge in [-0.15, -0.1) is 0 Å². The summed E-state index contributed by atoms with van der Waals surface area (Å²) in [6, 6.07) is 0. The van der Waals surface area contributed by atoms with Crippen LogP contribution in [-0.4, -0.2) is 21.6 Å². The van der Waals surface area contributed by atoms with E-state index in [0.29, 0.717) is 5.92 Å². The molecule has 0 saturated heterocycles. The van der Waals surface area contributed by atoms with Crippen molar-refractivity contribution in [1.29, 1.82) is 0 Å². The van der Waals surface area contributed by atoms with Crippen LogP contribution in [0, 0.1) is 0 Å². The minimum absolute atomic E-state index is 0.0662. The molecular weight excluding hydrogens is 192 g/mol. The molecular formula is C11H18N2O2. The van der Waals surface area contributed by atoms with Crippen LogP contribution in [0.25, 0.3) is 0 Å². The zero-order valence-corrected chi connectivity index (χ0v) is 9.73. The van der Waals surface area contributed by atoms with E-state index in [1.807, 2.05) is 32.3 Å². The molecule has 0 amide bonds. The topological polar surface area (TPSA) is 44.1 Å². The second kappa shape index (κ2) is 4.96. The molecule has 0 radical (unpaired) electrons. The fourth-order valence-corrected chi connectivity index (χ4v) is 1.39. The summed E-state index contributed by atoms with van der Waals surface area (Å²) in [6.45, 7) is 8.02. The van der Waals surface area contributed by atoms with Gasteiger partial charge in [-0.05, 0) is 13.8 Å². The number of esters is 1. The van der Waals surface area contributed by atoms with Crippen molar-refractivity contribution in [3.8, 4) is 0 Å². The number of aromatic nitrogens is 2. The highest BCUT2D eigenvalue weighted by molar-refractivity contribution is 5.69. The number of hydrogen-bond acceptors (Lipinski definition) is 3. The molecule has 0 aliphatic carbocycles. The number of imidazole rings is 1. The van der Waals surface area contributed by atoms with Crippen molar-refractivity contribution in [3.05, 3.63) is 18.2 Å². The normalized spacial score (nSPS) is 11.1. The first-order valence-corrected chi connectivity index (χ1v) is 5.21. The second-order valence-corrected chi connectivity index (χ2v) is 4.11. The van der Waals surface area contributed by atoms with Crippen molar-refractivity contribution < 1.29 is 9.53 Å². The van der Waals surface area contributed by atoms with E-state index in [1.165, 1.54) is 0 Å². The maximum Gasteiger partial charge on any atom is 0.326 e. The zero-order chi connectivity index (χ0) is 11.4. The summed E-state index contributed by atoms with van der Waals surface area (Å²) in [5.74, 6) is 1.01. The fraction of sp³-hybridized carbons (Fsp3) is 0.636. The van der Waals surface area contributed by atoms with Gasteiger partial charge in [0.05, 0.1) is 6.10 Å². The lowest BCUT2D eigenvalue weighted by atomic mass is 10.2. The van der Waals surface area contributed by atoms with Gasteiger partial charge in [0, 0.05) is 18.3 Å². The Kier molecular flexibility index (Phi) is 3.88. The van der Waals surface area contributed by atoms with Crippen molar-refractivity contribution in [2.75, 3.05) is 0 Å². The highest BCUT2D eigenvalue weighted by Gasteiger charge is 2.11. The van der Waals surface area contributed by atoms with Crippen molar-refractivity contribution >= 4 is 5.97 Å². The Balaban J connectivity index is 2.64. The lowest BCUT2D eigenvalue weighted by Gasteiger charge is -2.11. The monoisotopic (exact) mass is 210 g/mol. The summed E-state index contributed by atoms with van der Waals surface area (Å²) in [5.41, 5.74) is 0. The molecule has 0 N–H and O–H groups in total. The highest BCUT2D eigenvalue weighted by atomic mass is 16.5. The van der Waals surface area contributed by atoms with Gasteiger partial charge in [-0.1, -0.05) is 13.8 Å². The first kappa shape index (κ1) is 11.8. The van der Waals surface area contributed by atoms with E-state index in [4.69, 9.17) is 4.74 Å². The van der Waals surface area contributed by atoms with Crippen LogP contribution in [0.1, 0.15) is 39.4 Å². The summed E-state index contributed by atoms with van der Waals surface area (Å²) in [6.07, 6.45) is 3.44. The standard InChI is InChI=1S/C11H18N2O2/c1-8(2)11-12-5-6-13(11)7-10(14)15-9(3)4/h5-6,8-9H,7H2,1-4H3. The van der Waals surface area contributed by atoms with Gasteiger partial charge in [-0.25, -0.2) is 4.98 Å². The second-order valence-electron chi connectivity index (χ2n) is 4.11. The van der Waals surface area contributed by atoms with Gasteiger partial charge in [-0.2, -0.15) is 0 Å². The van der Waals surface area contributed by atoms with E-state index in [1.54, 1.807) is 12.4 Å². The number of rotatable bonds is 4. The average Bonchev–Trinajstić information content (AvgIpc) is 2.50. The van der Waals surface area contributed by atoms with Crippen LogP contribution in [0.2, 0.25) is 0 Å². The number of hydrogen-bond donors (Lipinski definition) is 0. The van der Waals surface area contributed by atoms with Crippen LogP contribution >= 0.6 is 0 Å². The molecule has 0 aliphatic rings. The van der Waals surface area contributed by atoms with Gasteiger partial charge < -0.3 is 9.30 Å². The highest BCUT2D eigenvalue weighted by Crippen LogP contribution is 2.11. The Hall–Kier alpha value is -1.32. The van der Waals surface area contributed by atoms with Crippen molar-refractivity contribution in [3.63, 3.8) is 0 Å². The molecule has 0 bridgehead atoms. The molecule has 0 aliphatic heterocycles. The van der Waals surface area contributed by atoms with E-state index in [0.717, 1.165) is 5.82 Å². The molecule has 0 aromatic carbocycles. The van der Waals surface area contributed by atoms with Crippen molar-refractivity contribution in [1.82, 2.24) is 9.55 Å². The third-order valence-corrected chi connectivity index (χ3v) is 1.93. The van der Waals surface area contributed by atoms with Crippen molar-refractivity contribution in [2.24, 2.45) is 0 Å². The Labute approximate surface area is 90.3 Å². The molecule has 4 nitrogen and oxygen atoms in total. The van der Waals surface area contributed by atoms with E-state index in [2.05, 4.69) is 4.98 Å². The Morgan fingerprint density at radius 1 is 1.47 bits per heavy atom. The van der Waals surface area contributed by atoms with E-state index in [9.17, 15) is 4.79 Å². The third kappa shape index (κ3) is 3.38. The molecule has 4 heteroatoms. The minimum atomic E-state index is -0.218. The smallest absolute Gasteiger partial charge is 0.326 e. The van der Waals surface area contributed by atoms with Gasteiger partial charge in [0.25, 0.3) is 0 Å². The largest absolute Gasteiger partial charge is 0.462 e. The molecule has 1 heterocycles. The van der Waals surface area contributed by atoms with Crippen LogP contribution in [-0.2, 0) is 16.1 Å². The molecule has 1 aromatic rings. The summed E-state index contributed by atoms with van der Waals surface area (Å²) in [7, 11) is 0. The number of nitrogens with zero attached hydrogens (tertiary/aromatic N) is 2. The Bertz CT molecular complexity index is 329. The summed E-state index contributed by atoms with van der Waals surface area (Å²) >= 11 is 0. The lowest BCUT2D eigenvalue weighted by molar-refractivity contribution is -0.148. The van der Waals surface area contributed by atoms with E-state index < -0.39 is 0 Å². The van der Waals surface area contributed by atoms with Crippen molar-refractivity contribution in [2.45, 2.75) is 46.3 Å². The fourth-order valence-electron chi connectivity index (χ4n) is 1.39. The van der Waals surface area contributed by atoms with Gasteiger partial charge in [0.1, 0.15) is 12.4 Å². The van der Waals surface area contributed by atoms with Gasteiger partial charge >= 0.3 is 5.97 Å². The molecule has 15 heavy (non-hydrogen) atoms. The summed E-state index contributed by atoms with van der Waals surface area (Å²) in [4.78, 5) is 15.6. The van der Waals surface area contributed by atoms with Crippen LogP contribution in [0.5, 0.6) is 0 Å². The quantitative estimate of drug-likeness (QED) is 0.713. The minimum Gasteiger partial charge on any atom is -0.462 e. The third-order valence-electron chi connectivity index (χ3n) is 1.93. The first-order chi connectivity index (χ1) is 7.00. The Morgan fingerprint density at radius 3 is 2.67 bits per heavy atom. The SMILES string of the molecule is CC(C)OC(=O)Cn1ccnc1C(C)C.